The van der Waals surface area contributed by atoms with E-state index in [1.54, 1.807) is 0 Å². The number of rotatable bonds is 5. The molecule has 1 aliphatic rings. The van der Waals surface area contributed by atoms with E-state index in [1.807, 2.05) is 29.5 Å². The molecule has 33 heavy (non-hydrogen) atoms. The van der Waals surface area contributed by atoms with Crippen molar-refractivity contribution in [2.45, 2.75) is 32.7 Å². The number of hydrazine groups is 1. The molecule has 0 spiro atoms. The summed E-state index contributed by atoms with van der Waals surface area (Å²) >= 11 is 0. The lowest BCUT2D eigenvalue weighted by molar-refractivity contribution is 0.221. The topological polar surface area (TPSA) is 127 Å². The third kappa shape index (κ3) is 3.96. The molecule has 1 saturated heterocycles. The van der Waals surface area contributed by atoms with Crippen molar-refractivity contribution in [3.05, 3.63) is 53.9 Å². The number of aromatic nitrogens is 3. The van der Waals surface area contributed by atoms with Crippen molar-refractivity contribution in [3.63, 3.8) is 0 Å². The molecule has 9 heteroatoms. The maximum Gasteiger partial charge on any atom is 0.316 e. The molecule has 3 heterocycles. The predicted molar refractivity (Wildman–Crippen MR) is 131 cm³/mol. The van der Waals surface area contributed by atoms with Gasteiger partial charge in [-0.1, -0.05) is 36.8 Å². The van der Waals surface area contributed by atoms with Gasteiger partial charge in [-0.15, -0.1) is 10.2 Å². The molecule has 0 bridgehead atoms. The number of carbonyl (C=O) groups is 1. The first kappa shape index (κ1) is 21.2. The summed E-state index contributed by atoms with van der Waals surface area (Å²) < 4.78 is 1.88. The van der Waals surface area contributed by atoms with Gasteiger partial charge < -0.3 is 16.5 Å². The number of nitrogens with zero attached hydrogens (tertiary/aromatic N) is 4. The number of hydrogen-bond donors (Lipinski definition) is 4. The van der Waals surface area contributed by atoms with Gasteiger partial charge in [-0.3, -0.25) is 15.1 Å². The average Bonchev–Trinajstić information content (AvgIpc) is 3.21. The Kier molecular flexibility index (Phi) is 5.57. The van der Waals surface area contributed by atoms with Crippen LogP contribution in [0.2, 0.25) is 0 Å². The van der Waals surface area contributed by atoms with Gasteiger partial charge in [-0.2, -0.15) is 0 Å². The van der Waals surface area contributed by atoms with E-state index in [2.05, 4.69) is 50.1 Å². The lowest BCUT2D eigenvalue weighted by Crippen LogP contribution is -2.28. The predicted octanol–water partition coefficient (Wildman–Crippen LogP) is 3.62. The van der Waals surface area contributed by atoms with Crippen LogP contribution in [0.25, 0.3) is 27.7 Å². The third-order valence-corrected chi connectivity index (χ3v) is 6.34. The van der Waals surface area contributed by atoms with Crippen LogP contribution in [0.5, 0.6) is 0 Å². The molecule has 0 atom stereocenters. The highest BCUT2D eigenvalue weighted by molar-refractivity contribution is 6.05. The molecule has 6 N–H and O–H groups in total. The summed E-state index contributed by atoms with van der Waals surface area (Å²) in [5.41, 5.74) is 14.2. The van der Waals surface area contributed by atoms with Crippen LogP contribution in [-0.2, 0) is 6.54 Å². The number of aryl methyl sites for hydroxylation is 1. The Bertz CT molecular complexity index is 1320. The van der Waals surface area contributed by atoms with Crippen LogP contribution in [0.3, 0.4) is 0 Å². The first-order valence-electron chi connectivity index (χ1n) is 11.2. The number of fused-ring (bicyclic) bond motifs is 3. The summed E-state index contributed by atoms with van der Waals surface area (Å²) in [5.74, 6) is 6.70. The normalized spacial score (nSPS) is 14.6. The molecular weight excluding hydrogens is 416 g/mol. The molecule has 1 fully saturated rings. The summed E-state index contributed by atoms with van der Waals surface area (Å²) in [7, 11) is 0. The summed E-state index contributed by atoms with van der Waals surface area (Å²) in [4.78, 5) is 14.1. The van der Waals surface area contributed by atoms with Crippen molar-refractivity contribution in [1.29, 1.82) is 0 Å². The van der Waals surface area contributed by atoms with Crippen LogP contribution in [0.15, 0.2) is 42.5 Å². The van der Waals surface area contributed by atoms with Crippen LogP contribution in [0.4, 0.5) is 16.2 Å². The summed E-state index contributed by atoms with van der Waals surface area (Å²) in [6, 6.07) is 13.8. The molecule has 0 radical (unpaired) electrons. The van der Waals surface area contributed by atoms with E-state index in [9.17, 15) is 4.79 Å². The van der Waals surface area contributed by atoms with E-state index < -0.39 is 6.03 Å². The van der Waals surface area contributed by atoms with Crippen molar-refractivity contribution in [1.82, 2.24) is 19.5 Å². The fourth-order valence-electron chi connectivity index (χ4n) is 4.77. The number of likely N-dealkylation sites (tertiary alicyclic amines) is 1. The number of nitrogens with one attached hydrogen (secondary N) is 2. The third-order valence-electron chi connectivity index (χ3n) is 6.34. The van der Waals surface area contributed by atoms with Crippen LogP contribution in [0, 0.1) is 6.92 Å². The van der Waals surface area contributed by atoms with E-state index in [1.165, 1.54) is 37.9 Å². The van der Waals surface area contributed by atoms with Crippen molar-refractivity contribution < 1.29 is 4.79 Å². The minimum atomic E-state index is -0.667. The maximum atomic E-state index is 11.6. The van der Waals surface area contributed by atoms with Gasteiger partial charge in [0.1, 0.15) is 5.82 Å². The minimum Gasteiger partial charge on any atom is -0.351 e. The van der Waals surface area contributed by atoms with Crippen LogP contribution < -0.4 is 22.3 Å². The molecule has 0 saturated carbocycles. The number of hydrogen-bond acceptors (Lipinski definition) is 6. The molecule has 1 aliphatic heterocycles. The molecule has 2 aromatic heterocycles. The number of pyridine rings is 1. The van der Waals surface area contributed by atoms with E-state index in [0.29, 0.717) is 17.2 Å². The Hall–Kier alpha value is -3.69. The monoisotopic (exact) mass is 444 g/mol. The van der Waals surface area contributed by atoms with E-state index in [-0.39, 0.29) is 0 Å². The van der Waals surface area contributed by atoms with Crippen LogP contribution in [-0.4, -0.2) is 38.6 Å². The van der Waals surface area contributed by atoms with Crippen molar-refractivity contribution in [2.75, 3.05) is 23.8 Å². The zero-order chi connectivity index (χ0) is 22.9. The van der Waals surface area contributed by atoms with Gasteiger partial charge in [0.25, 0.3) is 0 Å². The Labute approximate surface area is 191 Å². The molecule has 0 unspecified atom stereocenters. The number of urea groups is 1. The molecule has 0 aliphatic carbocycles. The molecule has 9 nitrogen and oxygen atoms in total. The quantitative estimate of drug-likeness (QED) is 0.275. The highest BCUT2D eigenvalue weighted by Gasteiger charge is 2.17. The molecule has 170 valence electrons. The molecule has 2 aromatic carbocycles. The number of carbonyl (C=O) groups excluding carboxylic acids is 1. The highest BCUT2D eigenvalue weighted by atomic mass is 16.2. The first-order valence-corrected chi connectivity index (χ1v) is 11.2. The van der Waals surface area contributed by atoms with Gasteiger partial charge in [-0.25, -0.2) is 4.79 Å². The zero-order valence-corrected chi connectivity index (χ0v) is 18.6. The fraction of sp³-hybridized carbons (Fsp3) is 0.292. The highest BCUT2D eigenvalue weighted by Crippen LogP contribution is 2.37. The SMILES string of the molecule is Cc1nnc2c(NC(N)=O)cc3c(NN)c(-c4ccc(CN5CCCCC5)cc4)ccc3n12. The number of piperidine rings is 1. The summed E-state index contributed by atoms with van der Waals surface area (Å²) in [5, 5.41) is 11.9. The lowest BCUT2D eigenvalue weighted by atomic mass is 9.98. The van der Waals surface area contributed by atoms with Gasteiger partial charge in [0.2, 0.25) is 0 Å². The number of benzene rings is 2. The Morgan fingerprint density at radius 1 is 1.06 bits per heavy atom. The first-order chi connectivity index (χ1) is 16.0. The number of amides is 2. The standard InChI is InChI=1S/C24H28N8O/c1-15-29-30-23-20(27-24(25)33)13-19-21(32(15)23)10-9-18(22(19)28-26)17-7-5-16(6-8-17)14-31-11-3-2-4-12-31/h5-10,13,28H,2-4,11-12,14,26H2,1H3,(H3,25,27,33). The van der Waals surface area contributed by atoms with Gasteiger partial charge in [-0.05, 0) is 56.1 Å². The Balaban J connectivity index is 1.58. The van der Waals surface area contributed by atoms with Crippen LogP contribution >= 0.6 is 0 Å². The summed E-state index contributed by atoms with van der Waals surface area (Å²) in [6.07, 6.45) is 3.91. The Morgan fingerprint density at radius 3 is 2.52 bits per heavy atom. The fourth-order valence-corrected chi connectivity index (χ4v) is 4.77. The molecule has 4 aromatic rings. The minimum absolute atomic E-state index is 0.473. The van der Waals surface area contributed by atoms with Crippen LogP contribution in [0.1, 0.15) is 30.7 Å². The van der Waals surface area contributed by atoms with Gasteiger partial charge in [0, 0.05) is 17.5 Å². The Morgan fingerprint density at radius 2 is 1.82 bits per heavy atom. The van der Waals surface area contributed by atoms with Crippen molar-refractivity contribution >= 4 is 34.0 Å². The molecular formula is C24H28N8O. The number of nitrogens with two attached hydrogens (primary N) is 2. The van der Waals surface area contributed by atoms with E-state index in [4.69, 9.17) is 11.6 Å². The second-order valence-electron chi connectivity index (χ2n) is 8.55. The average molecular weight is 445 g/mol. The van der Waals surface area contributed by atoms with E-state index >= 15 is 0 Å². The zero-order valence-electron chi connectivity index (χ0n) is 18.6. The second-order valence-corrected chi connectivity index (χ2v) is 8.55. The molecule has 5 rings (SSSR count). The van der Waals surface area contributed by atoms with Gasteiger partial charge in [0.15, 0.2) is 5.65 Å². The molecule has 2 amide bonds. The van der Waals surface area contributed by atoms with E-state index in [0.717, 1.165) is 34.3 Å². The lowest BCUT2D eigenvalue weighted by Gasteiger charge is -2.26. The maximum absolute atomic E-state index is 11.6. The van der Waals surface area contributed by atoms with Crippen molar-refractivity contribution in [3.8, 4) is 11.1 Å². The number of anilines is 2. The smallest absolute Gasteiger partial charge is 0.316 e. The van der Waals surface area contributed by atoms with Gasteiger partial charge in [0.05, 0.1) is 16.9 Å². The number of primary amides is 1. The van der Waals surface area contributed by atoms with Crippen molar-refractivity contribution in [2.24, 2.45) is 11.6 Å². The second kappa shape index (κ2) is 8.68. The van der Waals surface area contributed by atoms with Gasteiger partial charge >= 0.3 is 6.03 Å². The summed E-state index contributed by atoms with van der Waals surface area (Å²) in [6.45, 7) is 5.18. The number of nitrogen functional groups attached to an aromatic ring is 1. The largest absolute Gasteiger partial charge is 0.351 e.